The van der Waals surface area contributed by atoms with Gasteiger partial charge in [-0.15, -0.1) is 0 Å². The Morgan fingerprint density at radius 1 is 1.17 bits per heavy atom. The number of allylic oxidation sites excluding steroid dienone is 5. The van der Waals surface area contributed by atoms with Gasteiger partial charge in [-0.1, -0.05) is 55.9 Å². The second-order valence-electron chi connectivity index (χ2n) is 13.2. The molecular formula is C34H48O7. The quantitative estimate of drug-likeness (QED) is 0.320. The molecule has 5 aliphatic rings. The van der Waals surface area contributed by atoms with Crippen LogP contribution in [-0.2, 0) is 23.7 Å². The molecule has 0 radical (unpaired) electrons. The van der Waals surface area contributed by atoms with Gasteiger partial charge >= 0.3 is 5.97 Å². The topological polar surface area (TPSA) is 94.5 Å². The lowest BCUT2D eigenvalue weighted by atomic mass is 9.71. The van der Waals surface area contributed by atoms with E-state index in [1.165, 1.54) is 11.1 Å². The van der Waals surface area contributed by atoms with Gasteiger partial charge in [0.05, 0.1) is 18.8 Å². The first kappa shape index (κ1) is 30.4. The molecule has 3 fully saturated rings. The Balaban J connectivity index is 1.51. The van der Waals surface area contributed by atoms with Crippen LogP contribution < -0.4 is 0 Å². The van der Waals surface area contributed by atoms with Gasteiger partial charge in [-0.25, -0.2) is 0 Å². The van der Waals surface area contributed by atoms with Gasteiger partial charge in [0, 0.05) is 19.3 Å². The average Bonchev–Trinajstić information content (AvgIpc) is 3.27. The van der Waals surface area contributed by atoms with Crippen LogP contribution in [-0.4, -0.2) is 64.7 Å². The summed E-state index contributed by atoms with van der Waals surface area (Å²) in [5.74, 6) is -1.70. The molecule has 0 aromatic heterocycles. The zero-order valence-corrected chi connectivity index (χ0v) is 25.5. The SMILES string of the molecule is C/C=C(\C)[C@H]1O[C@]2(CC[C@@H]1C)CC1CC(C/C=C(\C)C[C@@H](C)/C=C/C=C3\COC4[C@H](O)C(C)=CC(C(=O)O1)[C@]34O)O2. The average molecular weight is 569 g/mol. The third-order valence-corrected chi connectivity index (χ3v) is 9.86. The number of carbonyl (C=O) groups is 1. The predicted octanol–water partition coefficient (Wildman–Crippen LogP) is 5.48. The lowest BCUT2D eigenvalue weighted by Gasteiger charge is -2.50. The molecule has 41 heavy (non-hydrogen) atoms. The maximum Gasteiger partial charge on any atom is 0.316 e. The molecule has 5 rings (SSSR count). The largest absolute Gasteiger partial charge is 0.462 e. The van der Waals surface area contributed by atoms with E-state index in [1.54, 1.807) is 13.0 Å². The summed E-state index contributed by atoms with van der Waals surface area (Å²) in [6.45, 7) is 12.6. The van der Waals surface area contributed by atoms with Gasteiger partial charge in [0.1, 0.15) is 29.8 Å². The molecule has 4 unspecified atom stereocenters. The number of esters is 1. The second kappa shape index (κ2) is 11.9. The Morgan fingerprint density at radius 2 is 1.95 bits per heavy atom. The summed E-state index contributed by atoms with van der Waals surface area (Å²) in [5, 5.41) is 23.0. The van der Waals surface area contributed by atoms with Gasteiger partial charge in [0.15, 0.2) is 5.79 Å². The van der Waals surface area contributed by atoms with E-state index in [4.69, 9.17) is 18.9 Å². The van der Waals surface area contributed by atoms with Gasteiger partial charge in [-0.2, -0.15) is 0 Å². The van der Waals surface area contributed by atoms with E-state index in [9.17, 15) is 15.0 Å². The fraction of sp³-hybridized carbons (Fsp3) is 0.676. The maximum absolute atomic E-state index is 14.0. The molecule has 7 nitrogen and oxygen atoms in total. The minimum absolute atomic E-state index is 0.0538. The zero-order valence-electron chi connectivity index (χ0n) is 25.5. The molecule has 0 saturated carbocycles. The molecule has 226 valence electrons. The minimum Gasteiger partial charge on any atom is -0.462 e. The van der Waals surface area contributed by atoms with Crippen molar-refractivity contribution in [3.8, 4) is 0 Å². The summed E-state index contributed by atoms with van der Waals surface area (Å²) in [7, 11) is 0. The minimum atomic E-state index is -1.69. The van der Waals surface area contributed by atoms with E-state index in [0.29, 0.717) is 36.3 Å². The third kappa shape index (κ3) is 5.94. The third-order valence-electron chi connectivity index (χ3n) is 9.86. The zero-order chi connectivity index (χ0) is 29.5. The Morgan fingerprint density at radius 3 is 2.71 bits per heavy atom. The van der Waals surface area contributed by atoms with Crippen molar-refractivity contribution in [3.63, 3.8) is 0 Å². The van der Waals surface area contributed by atoms with E-state index in [1.807, 2.05) is 19.1 Å². The van der Waals surface area contributed by atoms with Crippen molar-refractivity contribution in [2.75, 3.05) is 6.61 Å². The summed E-state index contributed by atoms with van der Waals surface area (Å²) in [5.41, 5.74) is 1.93. The summed E-state index contributed by atoms with van der Waals surface area (Å²) in [6.07, 6.45) is 13.6. The smallest absolute Gasteiger partial charge is 0.316 e. The summed E-state index contributed by atoms with van der Waals surface area (Å²) < 4.78 is 25.7. The molecule has 3 saturated heterocycles. The van der Waals surface area contributed by atoms with Crippen molar-refractivity contribution in [2.45, 2.75) is 122 Å². The summed E-state index contributed by atoms with van der Waals surface area (Å²) in [4.78, 5) is 14.0. The van der Waals surface area contributed by atoms with Gasteiger partial charge in [0.2, 0.25) is 0 Å². The Kier molecular flexibility index (Phi) is 8.85. The van der Waals surface area contributed by atoms with Crippen molar-refractivity contribution in [1.82, 2.24) is 0 Å². The number of hydrogen-bond donors (Lipinski definition) is 2. The van der Waals surface area contributed by atoms with Gasteiger partial charge in [0.25, 0.3) is 0 Å². The molecule has 4 aliphatic heterocycles. The van der Waals surface area contributed by atoms with E-state index in [0.717, 1.165) is 19.3 Å². The van der Waals surface area contributed by atoms with Crippen LogP contribution in [0.4, 0.5) is 0 Å². The molecule has 7 heteroatoms. The highest BCUT2D eigenvalue weighted by molar-refractivity contribution is 5.78. The van der Waals surface area contributed by atoms with Crippen molar-refractivity contribution in [3.05, 3.63) is 58.7 Å². The molecule has 0 amide bonds. The second-order valence-corrected chi connectivity index (χ2v) is 13.2. The number of aliphatic hydroxyl groups excluding tert-OH is 1. The number of fused-ring (bicyclic) bond motifs is 2. The molecule has 2 N–H and O–H groups in total. The van der Waals surface area contributed by atoms with E-state index < -0.39 is 41.6 Å². The number of aliphatic hydroxyl groups is 2. The van der Waals surface area contributed by atoms with Crippen LogP contribution in [0.3, 0.4) is 0 Å². The number of carbonyl (C=O) groups excluding carboxylic acids is 1. The van der Waals surface area contributed by atoms with E-state index in [-0.39, 0.29) is 24.7 Å². The van der Waals surface area contributed by atoms with Crippen LogP contribution in [0, 0.1) is 17.8 Å². The van der Waals surface area contributed by atoms with Crippen molar-refractivity contribution >= 4 is 5.97 Å². The van der Waals surface area contributed by atoms with Gasteiger partial charge in [-0.05, 0) is 75.5 Å². The number of rotatable bonds is 1. The van der Waals surface area contributed by atoms with Crippen LogP contribution in [0.2, 0.25) is 0 Å². The van der Waals surface area contributed by atoms with Crippen LogP contribution >= 0.6 is 0 Å². The maximum atomic E-state index is 14.0. The molecule has 0 aromatic rings. The highest BCUT2D eigenvalue weighted by atomic mass is 16.7. The van der Waals surface area contributed by atoms with E-state index in [2.05, 4.69) is 45.9 Å². The number of ether oxygens (including phenoxy) is 4. The van der Waals surface area contributed by atoms with Crippen molar-refractivity contribution in [1.29, 1.82) is 0 Å². The van der Waals surface area contributed by atoms with Crippen LogP contribution in [0.15, 0.2) is 58.7 Å². The van der Waals surface area contributed by atoms with Crippen LogP contribution in [0.1, 0.15) is 80.1 Å². The fourth-order valence-electron chi connectivity index (χ4n) is 7.37. The standard InChI is InChI=1S/C34H48O7/c1-7-22(4)30-23(5)13-14-33(41-30)18-27-17-26(40-33)12-11-21(3)15-20(2)9-8-10-25-19-38-31-29(35)24(6)16-28(32(36)39-27)34(25,31)37/h7-11,16,20,23,26-31,35,37H,12-15,17-19H2,1-6H3/b9-8+,21-11+,22-7+,25-10+/t20-,23-,26?,27?,28?,29+,30+,31?,33+,34+/m0/s1. The van der Waals surface area contributed by atoms with Crippen LogP contribution in [0.5, 0.6) is 0 Å². The Hall–Kier alpha value is -2.03. The van der Waals surface area contributed by atoms with Gasteiger partial charge < -0.3 is 29.2 Å². The molecule has 1 spiro atoms. The fourth-order valence-corrected chi connectivity index (χ4v) is 7.37. The van der Waals surface area contributed by atoms with Crippen LogP contribution in [0.25, 0.3) is 0 Å². The summed E-state index contributed by atoms with van der Waals surface area (Å²) >= 11 is 0. The normalized spacial score (nSPS) is 47.4. The first-order chi connectivity index (χ1) is 19.5. The first-order valence-electron chi connectivity index (χ1n) is 15.4. The Bertz CT molecular complexity index is 1160. The highest BCUT2D eigenvalue weighted by Gasteiger charge is 2.60. The lowest BCUT2D eigenvalue weighted by Crippen LogP contribution is -2.58. The molecular weight excluding hydrogens is 520 g/mol. The van der Waals surface area contributed by atoms with Gasteiger partial charge in [-0.3, -0.25) is 4.79 Å². The molecule has 4 heterocycles. The van der Waals surface area contributed by atoms with Crippen molar-refractivity contribution in [2.24, 2.45) is 17.8 Å². The predicted molar refractivity (Wildman–Crippen MR) is 157 cm³/mol. The monoisotopic (exact) mass is 568 g/mol. The van der Waals surface area contributed by atoms with E-state index >= 15 is 0 Å². The molecule has 2 bridgehead atoms. The first-order valence-corrected chi connectivity index (χ1v) is 15.4. The highest BCUT2D eigenvalue weighted by Crippen LogP contribution is 2.47. The lowest BCUT2D eigenvalue weighted by molar-refractivity contribution is -0.329. The molecule has 0 aromatic carbocycles. The summed E-state index contributed by atoms with van der Waals surface area (Å²) in [6, 6.07) is 0. The van der Waals surface area contributed by atoms with Crippen molar-refractivity contribution < 1.29 is 34.0 Å². The number of hydrogen-bond acceptors (Lipinski definition) is 7. The molecule has 1 aliphatic carbocycles. The Labute approximate surface area is 245 Å². The molecule has 10 atom stereocenters.